The number of ether oxygens (including phenoxy) is 1. The smallest absolute Gasteiger partial charge is 0.248 e. The van der Waals surface area contributed by atoms with Gasteiger partial charge in [0.1, 0.15) is 11.0 Å². The number of allylic oxidation sites excluding steroid dienone is 9. The lowest BCUT2D eigenvalue weighted by atomic mass is 9.68. The maximum atomic E-state index is 14.3. The van der Waals surface area contributed by atoms with Crippen molar-refractivity contribution >= 4 is 27.1 Å². The van der Waals surface area contributed by atoms with Crippen molar-refractivity contribution in [2.45, 2.75) is 104 Å². The van der Waals surface area contributed by atoms with Crippen LogP contribution in [0.15, 0.2) is 88.3 Å². The van der Waals surface area contributed by atoms with Crippen molar-refractivity contribution in [2.24, 2.45) is 11.1 Å². The second-order valence-electron chi connectivity index (χ2n) is 12.9. The molecule has 3 aliphatic rings. The van der Waals surface area contributed by atoms with Crippen LogP contribution in [-0.4, -0.2) is 42.7 Å². The number of aryl methyl sites for hydroxylation is 1. The molecule has 0 bridgehead atoms. The number of ketones is 1. The molecule has 0 saturated heterocycles. The maximum absolute atomic E-state index is 14.3. The monoisotopic (exact) mass is 709 g/mol. The molecule has 0 aromatic carbocycles. The molecular weight excluding hydrogens is 655 g/mol. The Balaban J connectivity index is 0.00000213. The summed E-state index contributed by atoms with van der Waals surface area (Å²) in [5.74, 6) is 0.135. The fourth-order valence-corrected chi connectivity index (χ4v) is 9.21. The van der Waals surface area contributed by atoms with Crippen LogP contribution >= 0.6 is 11.3 Å². The molecule has 2 aromatic heterocycles. The van der Waals surface area contributed by atoms with Crippen molar-refractivity contribution in [1.29, 1.82) is 0 Å². The number of Topliss-reactive ketones (excluding diaryl/α,β-unsaturated/α-hetero) is 1. The van der Waals surface area contributed by atoms with E-state index in [-0.39, 0.29) is 47.8 Å². The number of fused-ring (bicyclic) bond motifs is 1. The zero-order chi connectivity index (χ0) is 35.1. The largest absolute Gasteiger partial charge is 0.472 e. The molecule has 6 N–H and O–H groups in total. The molecule has 9 nitrogen and oxygen atoms in total. The Morgan fingerprint density at radius 3 is 2.67 bits per heavy atom. The van der Waals surface area contributed by atoms with Gasteiger partial charge in [-0.05, 0) is 87.8 Å². The summed E-state index contributed by atoms with van der Waals surface area (Å²) < 4.78 is 34.9. The standard InChI is InChI=1S/C36H46N4O4S2.C2H6.H3N/c1-6-38-21-29(37)15-17-31(36(4,5)34(41)30-16-14-27(30)19-26-11-8-7-9-12-26)32-20-28(25(3)45-32)23-40-22-24(2)44-35-33(46(40,42)43)13-10-18-39-35;1-2;/h8,10-14,16,18,20-21,24,31,38H,6-7,9,15,17,19,22-23,37H2,1-5H3;1-2H3;1H3/b29-21-;;/t24-,31+;;/m1../s1. The SMILES string of the molecule is CC.CCN/C=C(\N)CC[C@@H](c1cc(CN2C[C@@H](C)Oc3ncccc3S2(=O)=O)c(C)s1)C(C)(C)C(=O)C1=CC=C1CC1=CCCC=C1.N. The van der Waals surface area contributed by atoms with Gasteiger partial charge in [0.25, 0.3) is 0 Å². The van der Waals surface area contributed by atoms with Crippen molar-refractivity contribution in [3.05, 3.63) is 98.7 Å². The molecule has 1 aliphatic heterocycles. The highest BCUT2D eigenvalue weighted by molar-refractivity contribution is 7.89. The van der Waals surface area contributed by atoms with Crippen molar-refractivity contribution in [3.63, 3.8) is 0 Å². The highest BCUT2D eigenvalue weighted by Crippen LogP contribution is 2.47. The van der Waals surface area contributed by atoms with E-state index >= 15 is 0 Å². The first-order chi connectivity index (χ1) is 22.9. The number of hydrogen-bond donors (Lipinski definition) is 3. The summed E-state index contributed by atoms with van der Waals surface area (Å²) in [6.07, 6.45) is 17.8. The molecular formula is C38H55N5O4S2. The molecule has 49 heavy (non-hydrogen) atoms. The summed E-state index contributed by atoms with van der Waals surface area (Å²) in [6.45, 7) is 15.2. The van der Waals surface area contributed by atoms with Gasteiger partial charge in [-0.15, -0.1) is 11.3 Å². The van der Waals surface area contributed by atoms with Crippen LogP contribution in [0.1, 0.15) is 94.9 Å². The minimum absolute atomic E-state index is 0. The van der Waals surface area contributed by atoms with Gasteiger partial charge in [0.05, 0.1) is 6.54 Å². The first kappa shape index (κ1) is 39.9. The molecule has 2 atom stereocenters. The molecule has 268 valence electrons. The Kier molecular flexibility index (Phi) is 14.2. The summed E-state index contributed by atoms with van der Waals surface area (Å²) >= 11 is 1.64. The van der Waals surface area contributed by atoms with E-state index in [2.05, 4.69) is 40.7 Å². The van der Waals surface area contributed by atoms with Gasteiger partial charge < -0.3 is 21.9 Å². The number of carbonyl (C=O) groups excluding carboxylic acids is 1. The van der Waals surface area contributed by atoms with Gasteiger partial charge in [-0.2, -0.15) is 4.31 Å². The number of nitrogens with two attached hydrogens (primary N) is 1. The Bertz CT molecular complexity index is 1730. The molecule has 2 aliphatic carbocycles. The zero-order valence-corrected chi connectivity index (χ0v) is 31.8. The number of nitrogens with zero attached hydrogens (tertiary/aromatic N) is 2. The Morgan fingerprint density at radius 1 is 1.27 bits per heavy atom. The summed E-state index contributed by atoms with van der Waals surface area (Å²) in [7, 11) is -3.83. The lowest BCUT2D eigenvalue weighted by Gasteiger charge is -2.35. The van der Waals surface area contributed by atoms with Crippen LogP contribution in [0.25, 0.3) is 0 Å². The Hall–Kier alpha value is -3.51. The van der Waals surface area contributed by atoms with Crippen molar-refractivity contribution in [3.8, 4) is 5.88 Å². The third-order valence-electron chi connectivity index (χ3n) is 9.04. The molecule has 3 heterocycles. The second kappa shape index (κ2) is 17.4. The van der Waals surface area contributed by atoms with Gasteiger partial charge in [-0.25, -0.2) is 13.4 Å². The van der Waals surface area contributed by atoms with Gasteiger partial charge in [-0.3, -0.25) is 4.79 Å². The zero-order valence-electron chi connectivity index (χ0n) is 30.2. The van der Waals surface area contributed by atoms with Crippen LogP contribution in [0.5, 0.6) is 5.88 Å². The van der Waals surface area contributed by atoms with Gasteiger partial charge in [0.2, 0.25) is 15.9 Å². The van der Waals surface area contributed by atoms with Crippen molar-refractivity contribution < 1.29 is 17.9 Å². The molecule has 2 aromatic rings. The molecule has 0 fully saturated rings. The number of nitrogens with one attached hydrogen (secondary N) is 1. The minimum atomic E-state index is -3.83. The summed E-state index contributed by atoms with van der Waals surface area (Å²) in [6, 6.07) is 5.26. The number of pyridine rings is 1. The quantitative estimate of drug-likeness (QED) is 0.189. The van der Waals surface area contributed by atoms with E-state index in [0.717, 1.165) is 58.0 Å². The number of aromatic nitrogens is 1. The minimum Gasteiger partial charge on any atom is -0.472 e. The number of sulfonamides is 1. The van der Waals surface area contributed by atoms with Gasteiger partial charge in [-0.1, -0.05) is 58.1 Å². The molecule has 0 saturated carbocycles. The number of carbonyl (C=O) groups is 1. The molecule has 0 amide bonds. The third-order valence-corrected chi connectivity index (χ3v) is 12.1. The fourth-order valence-electron chi connectivity index (χ4n) is 6.29. The van der Waals surface area contributed by atoms with Crippen LogP contribution < -0.4 is 21.9 Å². The predicted molar refractivity (Wildman–Crippen MR) is 201 cm³/mol. The van der Waals surface area contributed by atoms with Gasteiger partial charge in [0, 0.05) is 57.8 Å². The van der Waals surface area contributed by atoms with E-state index in [1.165, 1.54) is 16.1 Å². The third kappa shape index (κ3) is 9.19. The van der Waals surface area contributed by atoms with E-state index in [4.69, 9.17) is 10.5 Å². The Morgan fingerprint density at radius 2 is 2.02 bits per heavy atom. The van der Waals surface area contributed by atoms with Crippen LogP contribution in [-0.2, 0) is 21.4 Å². The number of thiophene rings is 1. The van der Waals surface area contributed by atoms with E-state index in [9.17, 15) is 13.2 Å². The first-order valence-electron chi connectivity index (χ1n) is 17.1. The van der Waals surface area contributed by atoms with Crippen LogP contribution in [0.3, 0.4) is 0 Å². The molecule has 11 heteroatoms. The van der Waals surface area contributed by atoms with E-state index < -0.39 is 15.4 Å². The predicted octanol–water partition coefficient (Wildman–Crippen LogP) is 8.01. The molecule has 0 unspecified atom stereocenters. The molecule has 0 spiro atoms. The normalized spacial score (nSPS) is 19.2. The highest BCUT2D eigenvalue weighted by Gasteiger charge is 2.42. The summed E-state index contributed by atoms with van der Waals surface area (Å²) in [4.78, 5) is 20.7. The molecule has 0 radical (unpaired) electrons. The van der Waals surface area contributed by atoms with Gasteiger partial charge >= 0.3 is 0 Å². The lowest BCUT2D eigenvalue weighted by Crippen LogP contribution is -2.35. The topological polar surface area (TPSA) is 150 Å². The second-order valence-corrected chi connectivity index (χ2v) is 16.1. The van der Waals surface area contributed by atoms with Crippen molar-refractivity contribution in [2.75, 3.05) is 13.1 Å². The lowest BCUT2D eigenvalue weighted by molar-refractivity contribution is -0.124. The van der Waals surface area contributed by atoms with Crippen LogP contribution in [0.4, 0.5) is 0 Å². The average molecular weight is 710 g/mol. The van der Waals surface area contributed by atoms with E-state index in [1.54, 1.807) is 23.5 Å². The fraction of sp³-hybridized carbons (Fsp3) is 0.474. The number of rotatable bonds is 13. The molecule has 5 rings (SSSR count). The maximum Gasteiger partial charge on any atom is 0.248 e. The summed E-state index contributed by atoms with van der Waals surface area (Å²) in [5, 5.41) is 3.18. The number of hydrogen-bond acceptors (Lipinski definition) is 9. The average Bonchev–Trinajstić information content (AvgIpc) is 3.37. The first-order valence-corrected chi connectivity index (χ1v) is 19.4. The van der Waals surface area contributed by atoms with Crippen LogP contribution in [0.2, 0.25) is 0 Å². The van der Waals surface area contributed by atoms with E-state index in [0.29, 0.717) is 12.8 Å². The van der Waals surface area contributed by atoms with Gasteiger partial charge in [0.15, 0.2) is 5.78 Å². The van der Waals surface area contributed by atoms with E-state index in [1.807, 2.05) is 60.7 Å². The highest BCUT2D eigenvalue weighted by atomic mass is 32.2. The summed E-state index contributed by atoms with van der Waals surface area (Å²) in [5.41, 5.74) is 10.5. The van der Waals surface area contributed by atoms with Crippen LogP contribution in [0, 0.1) is 12.3 Å². The van der Waals surface area contributed by atoms with Crippen molar-refractivity contribution in [1.82, 2.24) is 20.8 Å². The Labute approximate surface area is 297 Å².